The molecule has 2 aromatic rings. The quantitative estimate of drug-likeness (QED) is 0.942. The standard InChI is InChI=1S/C18H23N3O/c1-3-21-17-10-14(22-2)7-8-15(17)16(11-19)18(21)12-5-4-6-13(20)9-12/h7-8,10,12-13H,3-6,9,20H2,1-2H3. The van der Waals surface area contributed by atoms with Gasteiger partial charge in [0, 0.05) is 35.7 Å². The molecule has 1 aliphatic rings. The van der Waals surface area contributed by atoms with E-state index in [0.717, 1.165) is 54.4 Å². The number of ether oxygens (including phenoxy) is 1. The minimum atomic E-state index is 0.253. The zero-order chi connectivity index (χ0) is 15.7. The SMILES string of the molecule is CCn1c(C2CCCC(N)C2)c(C#N)c2ccc(OC)cc21. The van der Waals surface area contributed by atoms with E-state index in [1.54, 1.807) is 7.11 Å². The topological polar surface area (TPSA) is 64.0 Å². The molecule has 22 heavy (non-hydrogen) atoms. The molecule has 3 rings (SSSR count). The van der Waals surface area contributed by atoms with Crippen molar-refractivity contribution in [3.8, 4) is 11.8 Å². The first-order chi connectivity index (χ1) is 10.7. The van der Waals surface area contributed by atoms with Crippen LogP contribution in [0.3, 0.4) is 0 Å². The fourth-order valence-corrected chi connectivity index (χ4v) is 3.83. The predicted molar refractivity (Wildman–Crippen MR) is 88.1 cm³/mol. The first-order valence-corrected chi connectivity index (χ1v) is 8.05. The lowest BCUT2D eigenvalue weighted by Crippen LogP contribution is -2.28. The lowest BCUT2D eigenvalue weighted by molar-refractivity contribution is 0.381. The Bertz CT molecular complexity index is 726. The molecule has 2 unspecified atom stereocenters. The summed E-state index contributed by atoms with van der Waals surface area (Å²) in [6, 6.07) is 8.66. The van der Waals surface area contributed by atoms with E-state index in [2.05, 4.69) is 17.6 Å². The first kappa shape index (κ1) is 14.9. The van der Waals surface area contributed by atoms with Gasteiger partial charge < -0.3 is 15.0 Å². The second kappa shape index (κ2) is 6.02. The van der Waals surface area contributed by atoms with E-state index >= 15 is 0 Å². The maximum absolute atomic E-state index is 9.72. The van der Waals surface area contributed by atoms with Gasteiger partial charge >= 0.3 is 0 Å². The van der Waals surface area contributed by atoms with Crippen molar-refractivity contribution in [2.75, 3.05) is 7.11 Å². The fourth-order valence-electron chi connectivity index (χ4n) is 3.83. The predicted octanol–water partition coefficient (Wildman–Crippen LogP) is 3.53. The number of fused-ring (bicyclic) bond motifs is 1. The number of nitriles is 1. The summed E-state index contributed by atoms with van der Waals surface area (Å²) in [7, 11) is 1.67. The van der Waals surface area contributed by atoms with E-state index in [1.807, 2.05) is 18.2 Å². The highest BCUT2D eigenvalue weighted by atomic mass is 16.5. The van der Waals surface area contributed by atoms with Gasteiger partial charge in [-0.25, -0.2) is 0 Å². The molecular weight excluding hydrogens is 274 g/mol. The van der Waals surface area contributed by atoms with Crippen LogP contribution in [0.15, 0.2) is 18.2 Å². The van der Waals surface area contributed by atoms with Crippen molar-refractivity contribution in [1.82, 2.24) is 4.57 Å². The van der Waals surface area contributed by atoms with Crippen molar-refractivity contribution >= 4 is 10.9 Å². The van der Waals surface area contributed by atoms with E-state index in [9.17, 15) is 5.26 Å². The number of rotatable bonds is 3. The molecule has 1 aromatic heterocycles. The molecule has 1 aliphatic carbocycles. The summed E-state index contributed by atoms with van der Waals surface area (Å²) in [5.74, 6) is 1.22. The molecule has 1 heterocycles. The Morgan fingerprint density at radius 2 is 2.23 bits per heavy atom. The van der Waals surface area contributed by atoms with E-state index in [0.29, 0.717) is 5.92 Å². The van der Waals surface area contributed by atoms with Gasteiger partial charge in [-0.1, -0.05) is 6.42 Å². The van der Waals surface area contributed by atoms with Crippen molar-refractivity contribution in [1.29, 1.82) is 5.26 Å². The highest BCUT2D eigenvalue weighted by Gasteiger charge is 2.28. The Morgan fingerprint density at radius 1 is 1.41 bits per heavy atom. The normalized spacial score (nSPS) is 21.7. The number of benzene rings is 1. The van der Waals surface area contributed by atoms with Gasteiger partial charge in [0.15, 0.2) is 0 Å². The summed E-state index contributed by atoms with van der Waals surface area (Å²) in [5, 5.41) is 10.7. The molecule has 2 N–H and O–H groups in total. The van der Waals surface area contributed by atoms with Gasteiger partial charge in [0.25, 0.3) is 0 Å². The van der Waals surface area contributed by atoms with Gasteiger partial charge in [0.1, 0.15) is 11.8 Å². The average Bonchev–Trinajstić information content (AvgIpc) is 2.87. The zero-order valence-corrected chi connectivity index (χ0v) is 13.3. The van der Waals surface area contributed by atoms with Crippen LogP contribution in [0.1, 0.15) is 49.8 Å². The Hall–Kier alpha value is -1.99. The Labute approximate surface area is 131 Å². The number of nitrogens with zero attached hydrogens (tertiary/aromatic N) is 2. The average molecular weight is 297 g/mol. The van der Waals surface area contributed by atoms with Crippen LogP contribution in [-0.2, 0) is 6.54 Å². The van der Waals surface area contributed by atoms with Crippen LogP contribution in [0.25, 0.3) is 10.9 Å². The van der Waals surface area contributed by atoms with Gasteiger partial charge in [0.2, 0.25) is 0 Å². The monoisotopic (exact) mass is 297 g/mol. The van der Waals surface area contributed by atoms with Crippen LogP contribution in [0.2, 0.25) is 0 Å². The molecule has 0 radical (unpaired) electrons. The molecule has 1 saturated carbocycles. The van der Waals surface area contributed by atoms with Crippen LogP contribution in [0, 0.1) is 11.3 Å². The fraction of sp³-hybridized carbons (Fsp3) is 0.500. The third kappa shape index (κ3) is 2.36. The summed E-state index contributed by atoms with van der Waals surface area (Å²) in [6.07, 6.45) is 4.34. The van der Waals surface area contributed by atoms with Crippen LogP contribution in [-0.4, -0.2) is 17.7 Å². The first-order valence-electron chi connectivity index (χ1n) is 8.05. The largest absolute Gasteiger partial charge is 0.497 e. The van der Waals surface area contributed by atoms with Gasteiger partial charge in [-0.05, 0) is 38.3 Å². The van der Waals surface area contributed by atoms with Crippen LogP contribution in [0.4, 0.5) is 0 Å². The molecule has 116 valence electrons. The van der Waals surface area contributed by atoms with E-state index in [-0.39, 0.29) is 6.04 Å². The molecule has 1 aromatic carbocycles. The molecule has 0 saturated heterocycles. The van der Waals surface area contributed by atoms with Crippen LogP contribution >= 0.6 is 0 Å². The van der Waals surface area contributed by atoms with Gasteiger partial charge in [0.05, 0.1) is 18.2 Å². The molecule has 0 aliphatic heterocycles. The Balaban J connectivity index is 2.21. The summed E-state index contributed by atoms with van der Waals surface area (Å²) in [5.41, 5.74) is 9.25. The second-order valence-electron chi connectivity index (χ2n) is 6.12. The highest BCUT2D eigenvalue weighted by Crippen LogP contribution is 2.39. The van der Waals surface area contributed by atoms with E-state index < -0.39 is 0 Å². The third-order valence-electron chi connectivity index (χ3n) is 4.84. The van der Waals surface area contributed by atoms with Crippen LogP contribution < -0.4 is 10.5 Å². The summed E-state index contributed by atoms with van der Waals surface area (Å²) < 4.78 is 7.63. The summed E-state index contributed by atoms with van der Waals surface area (Å²) >= 11 is 0. The minimum absolute atomic E-state index is 0.253. The Morgan fingerprint density at radius 3 is 2.86 bits per heavy atom. The molecule has 0 bridgehead atoms. The van der Waals surface area contributed by atoms with Crippen molar-refractivity contribution < 1.29 is 4.74 Å². The van der Waals surface area contributed by atoms with Gasteiger partial charge in [-0.3, -0.25) is 0 Å². The second-order valence-corrected chi connectivity index (χ2v) is 6.12. The minimum Gasteiger partial charge on any atom is -0.497 e. The van der Waals surface area contributed by atoms with Crippen molar-refractivity contribution in [2.45, 2.75) is 51.1 Å². The number of hydrogen-bond donors (Lipinski definition) is 1. The smallest absolute Gasteiger partial charge is 0.120 e. The molecule has 1 fully saturated rings. The summed E-state index contributed by atoms with van der Waals surface area (Å²) in [6.45, 7) is 2.98. The summed E-state index contributed by atoms with van der Waals surface area (Å²) in [4.78, 5) is 0. The molecule has 2 atom stereocenters. The van der Waals surface area contributed by atoms with Crippen molar-refractivity contribution in [3.63, 3.8) is 0 Å². The maximum atomic E-state index is 9.72. The van der Waals surface area contributed by atoms with Crippen molar-refractivity contribution in [2.24, 2.45) is 5.73 Å². The maximum Gasteiger partial charge on any atom is 0.120 e. The van der Waals surface area contributed by atoms with E-state index in [4.69, 9.17) is 10.5 Å². The number of hydrogen-bond acceptors (Lipinski definition) is 3. The molecule has 0 amide bonds. The number of aryl methyl sites for hydroxylation is 1. The molecular formula is C18H23N3O. The third-order valence-corrected chi connectivity index (χ3v) is 4.84. The molecule has 0 spiro atoms. The number of nitrogens with two attached hydrogens (primary N) is 1. The van der Waals surface area contributed by atoms with Crippen LogP contribution in [0.5, 0.6) is 5.75 Å². The van der Waals surface area contributed by atoms with E-state index in [1.165, 1.54) is 5.69 Å². The highest BCUT2D eigenvalue weighted by molar-refractivity contribution is 5.89. The van der Waals surface area contributed by atoms with Gasteiger partial charge in [-0.2, -0.15) is 5.26 Å². The Kier molecular flexibility index (Phi) is 4.08. The lowest BCUT2D eigenvalue weighted by Gasteiger charge is -2.28. The zero-order valence-electron chi connectivity index (χ0n) is 13.3. The molecule has 4 nitrogen and oxygen atoms in total. The van der Waals surface area contributed by atoms with Crippen molar-refractivity contribution in [3.05, 3.63) is 29.5 Å². The van der Waals surface area contributed by atoms with Gasteiger partial charge in [-0.15, -0.1) is 0 Å². The lowest BCUT2D eigenvalue weighted by atomic mass is 9.83. The molecule has 4 heteroatoms. The number of aromatic nitrogens is 1. The number of methoxy groups -OCH3 is 1.